The van der Waals surface area contributed by atoms with Crippen LogP contribution in [0.2, 0.25) is 0 Å². The lowest BCUT2D eigenvalue weighted by Gasteiger charge is -2.23. The van der Waals surface area contributed by atoms with E-state index in [9.17, 15) is 0 Å². The quantitative estimate of drug-likeness (QED) is 0.157. The van der Waals surface area contributed by atoms with E-state index in [0.29, 0.717) is 0 Å². The van der Waals surface area contributed by atoms with Crippen LogP contribution in [-0.2, 0) is 5.41 Å². The third kappa shape index (κ3) is 4.65. The first kappa shape index (κ1) is 33.4. The summed E-state index contributed by atoms with van der Waals surface area (Å²) in [7, 11) is 0. The molecule has 12 aromatic rings. The summed E-state index contributed by atoms with van der Waals surface area (Å²) < 4.78 is 5.44. The minimum absolute atomic E-state index is 0.157. The largest absolute Gasteiger partial charge is 0.135 e. The topological polar surface area (TPSA) is 0 Å². The van der Waals surface area contributed by atoms with E-state index < -0.39 is 0 Å². The molecule has 2 aromatic heterocycles. The Balaban J connectivity index is 1.03. The van der Waals surface area contributed by atoms with E-state index in [1.165, 1.54) is 128 Å². The Bertz CT molecular complexity index is 3690. The van der Waals surface area contributed by atoms with Crippen LogP contribution in [0.25, 0.3) is 117 Å². The molecule has 0 N–H and O–H groups in total. The molecule has 2 heterocycles. The molecular formula is C57H36S2. The Morgan fingerprint density at radius 3 is 1.71 bits per heavy atom. The second-order valence-corrected chi connectivity index (χ2v) is 18.9. The van der Waals surface area contributed by atoms with E-state index in [1.807, 2.05) is 22.7 Å². The molecular weight excluding hydrogens is 749 g/mol. The van der Waals surface area contributed by atoms with E-state index in [-0.39, 0.29) is 5.41 Å². The number of benzene rings is 10. The molecule has 0 atom stereocenters. The molecule has 10 aromatic carbocycles. The molecule has 1 aliphatic rings. The summed E-state index contributed by atoms with van der Waals surface area (Å²) in [6, 6.07) is 68.4. The lowest BCUT2D eigenvalue weighted by molar-refractivity contribution is 0.660. The lowest BCUT2D eigenvalue weighted by Crippen LogP contribution is -2.15. The van der Waals surface area contributed by atoms with E-state index in [4.69, 9.17) is 0 Å². The first-order valence-corrected chi connectivity index (χ1v) is 22.1. The normalized spacial score (nSPS) is 13.4. The maximum absolute atomic E-state index is 2.50. The van der Waals surface area contributed by atoms with Crippen LogP contribution in [0.4, 0.5) is 0 Å². The van der Waals surface area contributed by atoms with Gasteiger partial charge in [0.2, 0.25) is 0 Å². The van der Waals surface area contributed by atoms with Crippen molar-refractivity contribution in [2.24, 2.45) is 0 Å². The van der Waals surface area contributed by atoms with Crippen molar-refractivity contribution >= 4 is 95.3 Å². The zero-order chi connectivity index (χ0) is 39.0. The van der Waals surface area contributed by atoms with Gasteiger partial charge in [-0.25, -0.2) is 0 Å². The van der Waals surface area contributed by atoms with Gasteiger partial charge in [-0.05, 0) is 118 Å². The van der Waals surface area contributed by atoms with Crippen LogP contribution in [0.1, 0.15) is 25.0 Å². The Morgan fingerprint density at radius 2 is 0.966 bits per heavy atom. The zero-order valence-corrected chi connectivity index (χ0v) is 34.3. The van der Waals surface area contributed by atoms with Crippen LogP contribution >= 0.6 is 22.7 Å². The van der Waals surface area contributed by atoms with Gasteiger partial charge in [0, 0.05) is 45.8 Å². The SMILES string of the molecule is CC1(C)c2ccc(-c3cc4sc5ccc6ccccc6c5c4c4sc5ccccc5c34)cc2-c2ccc(-c3c4ccccc4c(-c4ccccc4)c4ccccc34)cc21. The van der Waals surface area contributed by atoms with Crippen LogP contribution in [0.15, 0.2) is 182 Å². The Morgan fingerprint density at radius 1 is 0.339 bits per heavy atom. The molecule has 2 heteroatoms. The summed E-state index contributed by atoms with van der Waals surface area (Å²) in [4.78, 5) is 0. The fraction of sp³-hybridized carbons (Fsp3) is 0.0526. The van der Waals surface area contributed by atoms with Crippen molar-refractivity contribution in [3.8, 4) is 44.5 Å². The second kappa shape index (κ2) is 12.2. The highest BCUT2D eigenvalue weighted by atomic mass is 32.1. The van der Waals surface area contributed by atoms with Crippen molar-refractivity contribution in [1.82, 2.24) is 0 Å². The van der Waals surface area contributed by atoms with Crippen molar-refractivity contribution in [2.75, 3.05) is 0 Å². The van der Waals surface area contributed by atoms with Gasteiger partial charge in [0.05, 0.1) is 0 Å². The molecule has 1 aliphatic carbocycles. The highest BCUT2D eigenvalue weighted by molar-refractivity contribution is 7.30. The van der Waals surface area contributed by atoms with Crippen LogP contribution in [0, 0.1) is 0 Å². The van der Waals surface area contributed by atoms with Gasteiger partial charge >= 0.3 is 0 Å². The molecule has 59 heavy (non-hydrogen) atoms. The molecule has 0 spiro atoms. The van der Waals surface area contributed by atoms with Gasteiger partial charge < -0.3 is 0 Å². The third-order valence-corrected chi connectivity index (χ3v) is 15.5. The third-order valence-electron chi connectivity index (χ3n) is 13.2. The highest BCUT2D eigenvalue weighted by Crippen LogP contribution is 2.54. The van der Waals surface area contributed by atoms with Crippen molar-refractivity contribution < 1.29 is 0 Å². The van der Waals surface area contributed by atoms with Crippen molar-refractivity contribution in [3.05, 3.63) is 193 Å². The molecule has 0 saturated heterocycles. The molecule has 0 bridgehead atoms. The summed E-state index contributed by atoms with van der Waals surface area (Å²) in [5.74, 6) is 0. The Hall–Kier alpha value is -6.58. The second-order valence-electron chi connectivity index (χ2n) is 16.7. The molecule has 276 valence electrons. The zero-order valence-electron chi connectivity index (χ0n) is 32.6. The fourth-order valence-electron chi connectivity index (χ4n) is 10.6. The standard InChI is InChI=1S/C57H36S2/c1-57(2)46-28-25-35(44-32-50-55(56-53(44)43-22-12-13-23-48(43)59-56)54-37-17-7-6-14-33(37)26-29-49(54)58-50)30-45(46)38-27-24-36(31-47(38)57)52-41-20-10-8-18-39(41)51(34-15-4-3-5-16-34)40-19-9-11-21-42(40)52/h3-32H,1-2H3. The van der Waals surface area contributed by atoms with Crippen molar-refractivity contribution in [1.29, 1.82) is 0 Å². The highest BCUT2D eigenvalue weighted by Gasteiger charge is 2.36. The first-order valence-electron chi connectivity index (χ1n) is 20.5. The monoisotopic (exact) mass is 784 g/mol. The first-order chi connectivity index (χ1) is 29.0. The van der Waals surface area contributed by atoms with E-state index in [2.05, 4.69) is 196 Å². The number of rotatable bonds is 3. The lowest BCUT2D eigenvalue weighted by atomic mass is 9.80. The van der Waals surface area contributed by atoms with E-state index in [0.717, 1.165) is 0 Å². The molecule has 0 aliphatic heterocycles. The van der Waals surface area contributed by atoms with Gasteiger partial charge in [0.1, 0.15) is 0 Å². The predicted molar refractivity (Wildman–Crippen MR) is 259 cm³/mol. The summed E-state index contributed by atoms with van der Waals surface area (Å²) in [6.45, 7) is 4.82. The summed E-state index contributed by atoms with van der Waals surface area (Å²) >= 11 is 3.88. The van der Waals surface area contributed by atoms with Crippen LogP contribution in [0.3, 0.4) is 0 Å². The summed E-state index contributed by atoms with van der Waals surface area (Å²) in [5, 5.41) is 13.3. The average molecular weight is 785 g/mol. The van der Waals surface area contributed by atoms with Crippen LogP contribution < -0.4 is 0 Å². The van der Waals surface area contributed by atoms with Gasteiger partial charge in [0.25, 0.3) is 0 Å². The molecule has 0 unspecified atom stereocenters. The maximum atomic E-state index is 2.50. The number of hydrogen-bond donors (Lipinski definition) is 0. The van der Waals surface area contributed by atoms with Gasteiger partial charge in [-0.2, -0.15) is 0 Å². The molecule has 0 radical (unpaired) electrons. The molecule has 0 nitrogen and oxygen atoms in total. The van der Waals surface area contributed by atoms with Crippen molar-refractivity contribution in [3.63, 3.8) is 0 Å². The van der Waals surface area contributed by atoms with Crippen LogP contribution in [0.5, 0.6) is 0 Å². The fourth-order valence-corrected chi connectivity index (χ4v) is 13.1. The smallest absolute Gasteiger partial charge is 0.0455 e. The number of hydrogen-bond acceptors (Lipinski definition) is 2. The number of fused-ring (bicyclic) bond motifs is 14. The van der Waals surface area contributed by atoms with Gasteiger partial charge in [-0.1, -0.05) is 166 Å². The van der Waals surface area contributed by atoms with E-state index >= 15 is 0 Å². The van der Waals surface area contributed by atoms with Gasteiger partial charge in [-0.3, -0.25) is 0 Å². The Labute approximate surface area is 350 Å². The molecule has 0 fully saturated rings. The Kier molecular flexibility index (Phi) is 6.92. The number of thiophene rings is 2. The maximum Gasteiger partial charge on any atom is 0.0455 e. The summed E-state index contributed by atoms with van der Waals surface area (Å²) in [5.41, 5.74) is 13.0. The minimum Gasteiger partial charge on any atom is -0.135 e. The van der Waals surface area contributed by atoms with Gasteiger partial charge in [0.15, 0.2) is 0 Å². The van der Waals surface area contributed by atoms with Gasteiger partial charge in [-0.15, -0.1) is 22.7 Å². The van der Waals surface area contributed by atoms with Crippen LogP contribution in [-0.4, -0.2) is 0 Å². The predicted octanol–water partition coefficient (Wildman–Crippen LogP) is 17.2. The molecule has 0 saturated carbocycles. The summed E-state index contributed by atoms with van der Waals surface area (Å²) in [6.07, 6.45) is 0. The molecule has 13 rings (SSSR count). The molecule has 0 amide bonds. The van der Waals surface area contributed by atoms with Crippen molar-refractivity contribution in [2.45, 2.75) is 19.3 Å². The minimum atomic E-state index is -0.157. The van der Waals surface area contributed by atoms with E-state index in [1.54, 1.807) is 0 Å². The average Bonchev–Trinajstić information content (AvgIpc) is 3.93.